The first-order valence-electron chi connectivity index (χ1n) is 9.17. The quantitative estimate of drug-likeness (QED) is 0.381. The number of hydrogen-bond acceptors (Lipinski definition) is 5. The van der Waals surface area contributed by atoms with Crippen molar-refractivity contribution < 1.29 is 14.1 Å². The molecule has 1 fully saturated rings. The third kappa shape index (κ3) is 4.58. The Morgan fingerprint density at radius 3 is 2.54 bits per heavy atom. The normalized spacial score (nSPS) is 15.7. The second-order valence-electron chi connectivity index (χ2n) is 6.94. The highest BCUT2D eigenvalue weighted by molar-refractivity contribution is 5.68. The van der Waals surface area contributed by atoms with E-state index in [1.54, 1.807) is 30.7 Å². The Bertz CT molecular complexity index is 945. The summed E-state index contributed by atoms with van der Waals surface area (Å²) in [6.07, 6.45) is 4.25. The van der Waals surface area contributed by atoms with E-state index in [9.17, 15) is 10.1 Å². The summed E-state index contributed by atoms with van der Waals surface area (Å²) in [7, 11) is 0. The number of nitrogens with zero attached hydrogens (tertiary/aromatic N) is 1. The number of aryl methyl sites for hydroxylation is 2. The number of benzene rings is 2. The van der Waals surface area contributed by atoms with E-state index in [4.69, 9.17) is 14.9 Å². The molecule has 0 aliphatic carbocycles. The molecule has 1 unspecified atom stereocenters. The van der Waals surface area contributed by atoms with Crippen molar-refractivity contribution in [2.75, 3.05) is 18.9 Å². The Kier molecular flexibility index (Phi) is 6.11. The molecule has 0 radical (unpaired) electrons. The summed E-state index contributed by atoms with van der Waals surface area (Å²) in [6, 6.07) is 12.7. The van der Waals surface area contributed by atoms with Crippen molar-refractivity contribution in [3.05, 3.63) is 81.8 Å². The van der Waals surface area contributed by atoms with Crippen LogP contribution in [-0.4, -0.2) is 18.1 Å². The van der Waals surface area contributed by atoms with Gasteiger partial charge in [0.1, 0.15) is 0 Å². The highest BCUT2D eigenvalue weighted by Gasteiger charge is 2.19. The molecule has 1 aromatic heterocycles. The summed E-state index contributed by atoms with van der Waals surface area (Å²) in [5.74, 6) is 0.559. The van der Waals surface area contributed by atoms with Gasteiger partial charge in [-0.1, -0.05) is 12.1 Å². The lowest BCUT2D eigenvalue weighted by Crippen LogP contribution is -2.01. The van der Waals surface area contributed by atoms with Gasteiger partial charge >= 0.3 is 0 Å². The standard InChI is InChI=1S/C11H9NO3.C11H15NO/c1-8-2-3-10(12(13)14)6-11(8)9-4-5-15-7-9;1-8-2-3-10(12)6-11(8)9-4-5-13-7-9/h2-7H,1H3;2-3,6,9H,4-5,7,12H2,1H3. The van der Waals surface area contributed by atoms with E-state index in [1.165, 1.54) is 17.2 Å². The van der Waals surface area contributed by atoms with E-state index in [0.717, 1.165) is 42.0 Å². The fraction of sp³-hybridized carbons (Fsp3) is 0.273. The maximum atomic E-state index is 10.6. The van der Waals surface area contributed by atoms with Gasteiger partial charge in [0, 0.05) is 35.9 Å². The van der Waals surface area contributed by atoms with Crippen LogP contribution in [0.4, 0.5) is 11.4 Å². The van der Waals surface area contributed by atoms with Crippen molar-refractivity contribution in [3.63, 3.8) is 0 Å². The van der Waals surface area contributed by atoms with Gasteiger partial charge in [-0.25, -0.2) is 0 Å². The van der Waals surface area contributed by atoms with Crippen LogP contribution in [0.15, 0.2) is 59.4 Å². The number of nitrogens with two attached hydrogens (primary N) is 1. The first kappa shape index (κ1) is 19.6. The van der Waals surface area contributed by atoms with E-state index in [0.29, 0.717) is 5.92 Å². The lowest BCUT2D eigenvalue weighted by Gasteiger charge is -2.11. The summed E-state index contributed by atoms with van der Waals surface area (Å²) in [5, 5.41) is 10.6. The van der Waals surface area contributed by atoms with Crippen LogP contribution in [0.2, 0.25) is 0 Å². The molecular formula is C22H24N2O4. The lowest BCUT2D eigenvalue weighted by atomic mass is 9.94. The number of nitrogen functional groups attached to an aromatic ring is 1. The average Bonchev–Trinajstić information content (AvgIpc) is 3.38. The highest BCUT2D eigenvalue weighted by atomic mass is 16.6. The van der Waals surface area contributed by atoms with E-state index in [2.05, 4.69) is 19.1 Å². The van der Waals surface area contributed by atoms with E-state index in [1.807, 2.05) is 13.0 Å². The Labute approximate surface area is 164 Å². The zero-order chi connectivity index (χ0) is 20.1. The predicted molar refractivity (Wildman–Crippen MR) is 109 cm³/mol. The lowest BCUT2D eigenvalue weighted by molar-refractivity contribution is -0.384. The number of ether oxygens (including phenoxy) is 1. The van der Waals surface area contributed by atoms with E-state index >= 15 is 0 Å². The number of furan rings is 1. The van der Waals surface area contributed by atoms with Crippen molar-refractivity contribution in [1.82, 2.24) is 0 Å². The van der Waals surface area contributed by atoms with E-state index in [-0.39, 0.29) is 5.69 Å². The number of hydrogen-bond donors (Lipinski definition) is 1. The largest absolute Gasteiger partial charge is 0.472 e. The number of non-ortho nitro benzene ring substituents is 1. The molecule has 1 aliphatic heterocycles. The molecule has 0 saturated carbocycles. The van der Waals surface area contributed by atoms with Crippen LogP contribution in [0, 0.1) is 24.0 Å². The fourth-order valence-corrected chi connectivity index (χ4v) is 3.33. The minimum Gasteiger partial charge on any atom is -0.472 e. The number of nitro groups is 1. The summed E-state index contributed by atoms with van der Waals surface area (Å²) in [4.78, 5) is 10.2. The minimum atomic E-state index is -0.400. The maximum absolute atomic E-state index is 10.6. The first-order valence-corrected chi connectivity index (χ1v) is 9.17. The summed E-state index contributed by atoms with van der Waals surface area (Å²) in [5.41, 5.74) is 12.1. The van der Waals surface area contributed by atoms with Crippen molar-refractivity contribution >= 4 is 11.4 Å². The average molecular weight is 380 g/mol. The highest BCUT2D eigenvalue weighted by Crippen LogP contribution is 2.29. The van der Waals surface area contributed by atoms with Crippen LogP contribution < -0.4 is 5.73 Å². The molecule has 0 bridgehead atoms. The third-order valence-electron chi connectivity index (χ3n) is 4.94. The molecule has 6 heteroatoms. The van der Waals surface area contributed by atoms with Gasteiger partial charge in [0.25, 0.3) is 5.69 Å². The first-order chi connectivity index (χ1) is 13.5. The van der Waals surface area contributed by atoms with Crippen LogP contribution in [0.5, 0.6) is 0 Å². The van der Waals surface area contributed by atoms with Crippen LogP contribution in [0.3, 0.4) is 0 Å². The van der Waals surface area contributed by atoms with Crippen LogP contribution in [0.25, 0.3) is 11.1 Å². The molecule has 2 N–H and O–H groups in total. The van der Waals surface area contributed by atoms with Crippen LogP contribution >= 0.6 is 0 Å². The Hall–Kier alpha value is -3.12. The summed E-state index contributed by atoms with van der Waals surface area (Å²) >= 11 is 0. The second kappa shape index (κ2) is 8.71. The predicted octanol–water partition coefficient (Wildman–Crippen LogP) is 5.24. The van der Waals surface area contributed by atoms with Gasteiger partial charge in [-0.3, -0.25) is 10.1 Å². The van der Waals surface area contributed by atoms with Crippen molar-refractivity contribution in [2.45, 2.75) is 26.2 Å². The van der Waals surface area contributed by atoms with Gasteiger partial charge in [0.05, 0.1) is 24.1 Å². The van der Waals surface area contributed by atoms with Gasteiger partial charge in [0.15, 0.2) is 0 Å². The second-order valence-corrected chi connectivity index (χ2v) is 6.94. The molecule has 2 heterocycles. The van der Waals surface area contributed by atoms with Gasteiger partial charge in [-0.15, -0.1) is 0 Å². The zero-order valence-corrected chi connectivity index (χ0v) is 16.1. The Morgan fingerprint density at radius 2 is 1.89 bits per heavy atom. The van der Waals surface area contributed by atoms with Gasteiger partial charge in [-0.05, 0) is 60.7 Å². The monoisotopic (exact) mass is 380 g/mol. The molecule has 3 aromatic rings. The SMILES string of the molecule is Cc1ccc(N)cc1C1CCOC1.Cc1ccc([N+](=O)[O-])cc1-c1ccoc1. The molecule has 0 amide bonds. The molecule has 146 valence electrons. The molecule has 6 nitrogen and oxygen atoms in total. The van der Waals surface area contributed by atoms with Crippen LogP contribution in [0.1, 0.15) is 29.0 Å². The molecule has 1 saturated heterocycles. The topological polar surface area (TPSA) is 91.5 Å². The fourth-order valence-electron chi connectivity index (χ4n) is 3.33. The minimum absolute atomic E-state index is 0.0943. The third-order valence-corrected chi connectivity index (χ3v) is 4.94. The molecule has 2 aromatic carbocycles. The molecule has 1 aliphatic rings. The Balaban J connectivity index is 0.000000162. The zero-order valence-electron chi connectivity index (χ0n) is 16.1. The summed E-state index contributed by atoms with van der Waals surface area (Å²) in [6.45, 7) is 5.78. The molecule has 4 rings (SSSR count). The van der Waals surface area contributed by atoms with Gasteiger partial charge in [0.2, 0.25) is 0 Å². The Morgan fingerprint density at radius 1 is 1.11 bits per heavy atom. The van der Waals surface area contributed by atoms with E-state index < -0.39 is 4.92 Å². The number of nitro benzene ring substituents is 1. The molecular weight excluding hydrogens is 356 g/mol. The van der Waals surface area contributed by atoms with Crippen LogP contribution in [-0.2, 0) is 4.74 Å². The molecule has 1 atom stereocenters. The van der Waals surface area contributed by atoms with Crippen molar-refractivity contribution in [2.24, 2.45) is 0 Å². The van der Waals surface area contributed by atoms with Gasteiger partial charge in [-0.2, -0.15) is 0 Å². The smallest absolute Gasteiger partial charge is 0.270 e. The van der Waals surface area contributed by atoms with Crippen molar-refractivity contribution in [3.8, 4) is 11.1 Å². The summed E-state index contributed by atoms with van der Waals surface area (Å²) < 4.78 is 10.3. The van der Waals surface area contributed by atoms with Gasteiger partial charge < -0.3 is 14.9 Å². The molecule has 28 heavy (non-hydrogen) atoms. The number of anilines is 1. The maximum Gasteiger partial charge on any atom is 0.270 e. The molecule has 0 spiro atoms. The number of rotatable bonds is 3. The van der Waals surface area contributed by atoms with Crippen molar-refractivity contribution in [1.29, 1.82) is 0 Å².